The smallest absolute Gasteiger partial charge is 0.162 e. The molecule has 0 aromatic heterocycles. The van der Waals surface area contributed by atoms with Crippen LogP contribution in [-0.2, 0) is 23.9 Å². The molecule has 0 atom stereocenters. The van der Waals surface area contributed by atoms with Crippen molar-refractivity contribution in [2.24, 2.45) is 0 Å². The molecule has 0 aliphatic carbocycles. The van der Waals surface area contributed by atoms with Crippen LogP contribution in [0.1, 0.15) is 22.3 Å². The van der Waals surface area contributed by atoms with Crippen LogP contribution in [0.15, 0.2) is 48.5 Å². The van der Waals surface area contributed by atoms with Gasteiger partial charge in [-0.15, -0.1) is 0 Å². The highest BCUT2D eigenvalue weighted by molar-refractivity contribution is 9.09. The molecule has 122 valence electrons. The summed E-state index contributed by atoms with van der Waals surface area (Å²) in [4.78, 5) is 0. The van der Waals surface area contributed by atoms with Crippen LogP contribution in [0.5, 0.6) is 11.5 Å². The SMILES string of the molecule is BrCc1cc2c(cc1CBr)COc1cc3ccccc3cc1OC2. The van der Waals surface area contributed by atoms with E-state index in [0.29, 0.717) is 13.2 Å². The minimum absolute atomic E-state index is 0.562. The van der Waals surface area contributed by atoms with Gasteiger partial charge in [0, 0.05) is 10.7 Å². The second kappa shape index (κ2) is 6.77. The van der Waals surface area contributed by atoms with Crippen LogP contribution >= 0.6 is 31.9 Å². The van der Waals surface area contributed by atoms with E-state index in [4.69, 9.17) is 9.47 Å². The quantitative estimate of drug-likeness (QED) is 0.441. The fourth-order valence-electron chi connectivity index (χ4n) is 3.04. The monoisotopic (exact) mass is 446 g/mol. The molecule has 24 heavy (non-hydrogen) atoms. The van der Waals surface area contributed by atoms with E-state index in [1.165, 1.54) is 22.3 Å². The Balaban J connectivity index is 1.74. The molecule has 1 aliphatic rings. The highest BCUT2D eigenvalue weighted by Gasteiger charge is 2.16. The molecule has 4 rings (SSSR count). The van der Waals surface area contributed by atoms with Gasteiger partial charge in [-0.2, -0.15) is 0 Å². The molecule has 2 nitrogen and oxygen atoms in total. The Morgan fingerprint density at radius 1 is 0.708 bits per heavy atom. The number of alkyl halides is 2. The number of fused-ring (bicyclic) bond motifs is 3. The summed E-state index contributed by atoms with van der Waals surface area (Å²) in [6.07, 6.45) is 0. The average Bonchev–Trinajstić information content (AvgIpc) is 2.62. The summed E-state index contributed by atoms with van der Waals surface area (Å²) in [5.74, 6) is 1.62. The van der Waals surface area contributed by atoms with E-state index in [2.05, 4.69) is 68.3 Å². The normalized spacial score (nSPS) is 13.2. The van der Waals surface area contributed by atoms with Gasteiger partial charge in [-0.1, -0.05) is 68.3 Å². The molecule has 3 aromatic carbocycles. The molecular formula is C20H16Br2O2. The van der Waals surface area contributed by atoms with Gasteiger partial charge < -0.3 is 9.47 Å². The zero-order chi connectivity index (χ0) is 16.5. The largest absolute Gasteiger partial charge is 0.485 e. The molecule has 0 bridgehead atoms. The summed E-state index contributed by atoms with van der Waals surface area (Å²) in [6, 6.07) is 16.8. The molecule has 3 aromatic rings. The first kappa shape index (κ1) is 16.0. The maximum atomic E-state index is 6.08. The fourth-order valence-corrected chi connectivity index (χ4v) is 4.09. The Kier molecular flexibility index (Phi) is 4.51. The second-order valence-electron chi connectivity index (χ2n) is 5.88. The minimum atomic E-state index is 0.562. The highest BCUT2D eigenvalue weighted by atomic mass is 79.9. The Morgan fingerprint density at radius 3 is 1.58 bits per heavy atom. The van der Waals surface area contributed by atoms with Crippen molar-refractivity contribution >= 4 is 42.6 Å². The lowest BCUT2D eigenvalue weighted by Crippen LogP contribution is -2.10. The molecule has 0 N–H and O–H groups in total. The molecule has 0 saturated carbocycles. The zero-order valence-corrected chi connectivity index (χ0v) is 16.2. The van der Waals surface area contributed by atoms with Crippen molar-refractivity contribution in [3.8, 4) is 11.5 Å². The van der Waals surface area contributed by atoms with E-state index >= 15 is 0 Å². The van der Waals surface area contributed by atoms with Gasteiger partial charge >= 0.3 is 0 Å². The van der Waals surface area contributed by atoms with Crippen molar-refractivity contribution in [3.63, 3.8) is 0 Å². The van der Waals surface area contributed by atoms with Crippen LogP contribution in [0.25, 0.3) is 10.8 Å². The van der Waals surface area contributed by atoms with E-state index in [0.717, 1.165) is 32.9 Å². The minimum Gasteiger partial charge on any atom is -0.485 e. The molecule has 0 unspecified atom stereocenters. The van der Waals surface area contributed by atoms with E-state index in [1.54, 1.807) is 0 Å². The summed E-state index contributed by atoms with van der Waals surface area (Å²) >= 11 is 7.14. The summed E-state index contributed by atoms with van der Waals surface area (Å²) in [5, 5.41) is 4.00. The van der Waals surface area contributed by atoms with Gasteiger partial charge in [-0.05, 0) is 45.2 Å². The van der Waals surface area contributed by atoms with Crippen LogP contribution < -0.4 is 9.47 Å². The average molecular weight is 448 g/mol. The van der Waals surface area contributed by atoms with E-state index in [-0.39, 0.29) is 0 Å². The fraction of sp³-hybridized carbons (Fsp3) is 0.200. The van der Waals surface area contributed by atoms with Crippen LogP contribution in [0.3, 0.4) is 0 Å². The Bertz CT molecular complexity index is 832. The van der Waals surface area contributed by atoms with Crippen molar-refractivity contribution in [2.45, 2.75) is 23.9 Å². The van der Waals surface area contributed by atoms with Crippen molar-refractivity contribution < 1.29 is 9.47 Å². The molecular weight excluding hydrogens is 432 g/mol. The molecule has 4 heteroatoms. The number of rotatable bonds is 2. The van der Waals surface area contributed by atoms with Gasteiger partial charge in [-0.25, -0.2) is 0 Å². The van der Waals surface area contributed by atoms with Crippen LogP contribution in [0.4, 0.5) is 0 Å². The van der Waals surface area contributed by atoms with Crippen LogP contribution in [0, 0.1) is 0 Å². The van der Waals surface area contributed by atoms with Crippen molar-refractivity contribution in [3.05, 3.63) is 70.8 Å². The molecule has 1 heterocycles. The van der Waals surface area contributed by atoms with Gasteiger partial charge in [0.05, 0.1) is 0 Å². The third-order valence-corrected chi connectivity index (χ3v) is 5.60. The zero-order valence-electron chi connectivity index (χ0n) is 13.0. The molecule has 0 fully saturated rings. The van der Waals surface area contributed by atoms with Crippen LogP contribution in [0.2, 0.25) is 0 Å². The highest BCUT2D eigenvalue weighted by Crippen LogP contribution is 2.36. The van der Waals surface area contributed by atoms with Crippen molar-refractivity contribution in [1.82, 2.24) is 0 Å². The first-order valence-corrected chi connectivity index (χ1v) is 10.1. The standard InChI is InChI=1S/C20H16Br2O2/c21-9-15-5-17-11-23-19-7-13-3-1-2-4-14(13)8-20(19)24-12-18(17)6-16(15)10-22/h1-8H,9-12H2. The molecule has 0 amide bonds. The summed E-state index contributed by atoms with van der Waals surface area (Å²) in [7, 11) is 0. The number of ether oxygens (including phenoxy) is 2. The lowest BCUT2D eigenvalue weighted by Gasteiger charge is -2.21. The van der Waals surface area contributed by atoms with Gasteiger partial charge in [0.15, 0.2) is 11.5 Å². The molecule has 1 aliphatic heterocycles. The van der Waals surface area contributed by atoms with Crippen molar-refractivity contribution in [2.75, 3.05) is 0 Å². The predicted molar refractivity (Wildman–Crippen MR) is 104 cm³/mol. The maximum Gasteiger partial charge on any atom is 0.162 e. The van der Waals surface area contributed by atoms with E-state index in [1.807, 2.05) is 12.1 Å². The lowest BCUT2D eigenvalue weighted by atomic mass is 10.0. The summed E-state index contributed by atoms with van der Waals surface area (Å²) in [5.41, 5.74) is 4.95. The molecule has 0 spiro atoms. The predicted octanol–water partition coefficient (Wildman–Crippen LogP) is 6.10. The Labute approximate surface area is 158 Å². The van der Waals surface area contributed by atoms with E-state index in [9.17, 15) is 0 Å². The number of hydrogen-bond donors (Lipinski definition) is 0. The number of benzene rings is 3. The van der Waals surface area contributed by atoms with Crippen LogP contribution in [-0.4, -0.2) is 0 Å². The van der Waals surface area contributed by atoms with Gasteiger partial charge in [-0.3, -0.25) is 0 Å². The molecule has 0 radical (unpaired) electrons. The Morgan fingerprint density at radius 2 is 1.17 bits per heavy atom. The first-order chi connectivity index (χ1) is 11.8. The third-order valence-electron chi connectivity index (χ3n) is 4.39. The topological polar surface area (TPSA) is 18.5 Å². The Hall–Kier alpha value is -1.52. The van der Waals surface area contributed by atoms with E-state index < -0.39 is 0 Å². The number of hydrogen-bond acceptors (Lipinski definition) is 2. The second-order valence-corrected chi connectivity index (χ2v) is 7.00. The number of halogens is 2. The van der Waals surface area contributed by atoms with Gasteiger partial charge in [0.25, 0.3) is 0 Å². The maximum absolute atomic E-state index is 6.08. The summed E-state index contributed by atoms with van der Waals surface area (Å²) < 4.78 is 12.2. The first-order valence-electron chi connectivity index (χ1n) is 7.82. The van der Waals surface area contributed by atoms with Crippen molar-refractivity contribution in [1.29, 1.82) is 0 Å². The molecule has 0 saturated heterocycles. The van der Waals surface area contributed by atoms with Gasteiger partial charge in [0.2, 0.25) is 0 Å². The lowest BCUT2D eigenvalue weighted by molar-refractivity contribution is 0.238. The third kappa shape index (κ3) is 2.93. The van der Waals surface area contributed by atoms with Gasteiger partial charge in [0.1, 0.15) is 13.2 Å². The summed E-state index contributed by atoms with van der Waals surface area (Å²) in [6.45, 7) is 1.12.